The lowest BCUT2D eigenvalue weighted by Gasteiger charge is -2.37. The Labute approximate surface area is 355 Å². The minimum Gasteiger partial charge on any atom is -0.496 e. The summed E-state index contributed by atoms with van der Waals surface area (Å²) in [4.78, 5) is 69.9. The van der Waals surface area contributed by atoms with Crippen molar-refractivity contribution in [3.8, 4) is 22.2 Å². The fraction of sp³-hybridized carbons (Fsp3) is 0.581. The number of sulfonamides is 1. The largest absolute Gasteiger partial charge is 0.496 e. The van der Waals surface area contributed by atoms with Crippen LogP contribution in [0.15, 0.2) is 35.7 Å². The molecule has 17 heteroatoms. The molecule has 0 spiro atoms. The SMILES string of the molecule is COc1ccc2c(O[C@H]3CN4C(=O)[C@@H](NC(=O)N(C)C)CCCCC/C=C\[C@]5(C)C[C@@]5(C(=O)NS(=O)(=O)C5CC5)NC(=O)[C@]4(C)C3)cc(-c3nc(C4CC4)cs3)nc2c1C. The molecule has 60 heavy (non-hydrogen) atoms. The Morgan fingerprint density at radius 1 is 1.03 bits per heavy atom. The van der Waals surface area contributed by atoms with Gasteiger partial charge in [0, 0.05) is 54.2 Å². The Hall–Kier alpha value is -4.77. The summed E-state index contributed by atoms with van der Waals surface area (Å²) in [6.07, 6.45) is 9.77. The van der Waals surface area contributed by atoms with Gasteiger partial charge in [0.1, 0.15) is 45.4 Å². The number of hydrogen-bond donors (Lipinski definition) is 3. The van der Waals surface area contributed by atoms with Crippen LogP contribution in [0.2, 0.25) is 0 Å². The van der Waals surface area contributed by atoms with E-state index in [1.54, 1.807) is 28.1 Å². The van der Waals surface area contributed by atoms with Gasteiger partial charge in [0.2, 0.25) is 21.8 Å². The highest BCUT2D eigenvalue weighted by Gasteiger charge is 2.71. The van der Waals surface area contributed by atoms with Crippen LogP contribution in [0.25, 0.3) is 21.6 Å². The molecule has 0 unspecified atom stereocenters. The first-order chi connectivity index (χ1) is 28.5. The molecular formula is C43H55N7O8S2. The number of methoxy groups -OCH3 is 1. The van der Waals surface area contributed by atoms with E-state index in [-0.39, 0.29) is 19.4 Å². The zero-order valence-corrected chi connectivity index (χ0v) is 36.8. The standard InChI is InChI=1S/C43H55N7O8S2/c1-25-33(57-6)18-17-29-34(20-31(44-35(25)29)36-45-32(23-59-36)26-13-14-26)58-27-21-42(3)38(52)47-43(39(53)48-60(55,56)28-15-16-28)24-41(43,2)19-11-9-7-8-10-12-30(37(51)50(42)22-27)46-40(54)49(4)5/h11,17-20,23,26-28,30H,7-10,12-16,21-22,24H2,1-6H3,(H,46,54)(H,47,52)(H,48,53)/b19-11-/t27-,30+,41-,42+,43+/m1/s1. The molecule has 3 saturated carbocycles. The van der Waals surface area contributed by atoms with Gasteiger partial charge in [-0.3, -0.25) is 19.1 Å². The van der Waals surface area contributed by atoms with E-state index in [1.165, 1.54) is 21.1 Å². The molecule has 8 rings (SSSR count). The van der Waals surface area contributed by atoms with Crippen LogP contribution >= 0.6 is 11.3 Å². The van der Waals surface area contributed by atoms with Crippen molar-refractivity contribution in [2.24, 2.45) is 5.41 Å². The van der Waals surface area contributed by atoms with Crippen molar-refractivity contribution in [1.29, 1.82) is 0 Å². The molecule has 1 saturated heterocycles. The second-order valence-corrected chi connectivity index (χ2v) is 20.7. The number of pyridine rings is 1. The first-order valence-corrected chi connectivity index (χ1v) is 23.4. The van der Waals surface area contributed by atoms with Gasteiger partial charge in [0.25, 0.3) is 5.91 Å². The van der Waals surface area contributed by atoms with Gasteiger partial charge in [-0.2, -0.15) is 0 Å². The van der Waals surface area contributed by atoms with Gasteiger partial charge < -0.3 is 29.9 Å². The minimum absolute atomic E-state index is 0.0130. The molecule has 4 fully saturated rings. The van der Waals surface area contributed by atoms with Gasteiger partial charge in [-0.15, -0.1) is 11.3 Å². The third kappa shape index (κ3) is 7.82. The van der Waals surface area contributed by atoms with E-state index in [2.05, 4.69) is 20.7 Å². The summed E-state index contributed by atoms with van der Waals surface area (Å²) in [5, 5.41) is 8.79. The van der Waals surface area contributed by atoms with E-state index in [4.69, 9.17) is 19.4 Å². The van der Waals surface area contributed by atoms with Crippen LogP contribution in [0.3, 0.4) is 0 Å². The molecule has 2 aromatic heterocycles. The molecule has 3 aliphatic carbocycles. The lowest BCUT2D eigenvalue weighted by molar-refractivity contribution is -0.146. The Morgan fingerprint density at radius 2 is 1.80 bits per heavy atom. The second-order valence-electron chi connectivity index (χ2n) is 17.9. The predicted molar refractivity (Wildman–Crippen MR) is 227 cm³/mol. The summed E-state index contributed by atoms with van der Waals surface area (Å²) >= 11 is 1.52. The maximum Gasteiger partial charge on any atom is 0.317 e. The monoisotopic (exact) mass is 861 g/mol. The molecular weight excluding hydrogens is 807 g/mol. The molecule has 0 bridgehead atoms. The summed E-state index contributed by atoms with van der Waals surface area (Å²) in [6, 6.07) is 4.19. The fourth-order valence-corrected chi connectivity index (χ4v) is 11.0. The number of rotatable bonds is 9. The van der Waals surface area contributed by atoms with Gasteiger partial charge in [-0.25, -0.2) is 23.2 Å². The number of benzene rings is 1. The average Bonchev–Trinajstić information content (AvgIpc) is 4.16. The quantitative estimate of drug-likeness (QED) is 0.238. The van der Waals surface area contributed by atoms with E-state index in [1.807, 2.05) is 44.2 Å². The number of ether oxygens (including phenoxy) is 2. The third-order valence-corrected chi connectivity index (χ3v) is 15.7. The van der Waals surface area contributed by atoms with E-state index in [0.29, 0.717) is 66.1 Å². The number of urea groups is 1. The molecule has 4 heterocycles. The van der Waals surface area contributed by atoms with E-state index < -0.39 is 67.7 Å². The maximum absolute atomic E-state index is 15.0. The lowest BCUT2D eigenvalue weighted by atomic mass is 9.93. The van der Waals surface area contributed by atoms with Gasteiger partial charge in [0.15, 0.2) is 0 Å². The summed E-state index contributed by atoms with van der Waals surface area (Å²) in [5.74, 6) is -0.255. The highest BCUT2D eigenvalue weighted by molar-refractivity contribution is 7.91. The number of nitrogens with zero attached hydrogens (tertiary/aromatic N) is 4. The van der Waals surface area contributed by atoms with Gasteiger partial charge in [-0.05, 0) is 77.3 Å². The highest BCUT2D eigenvalue weighted by atomic mass is 32.2. The third-order valence-electron chi connectivity index (χ3n) is 13.0. The highest BCUT2D eigenvalue weighted by Crippen LogP contribution is 2.58. The number of aromatic nitrogens is 2. The topological polar surface area (TPSA) is 189 Å². The van der Waals surface area contributed by atoms with Crippen LogP contribution in [0, 0.1) is 12.3 Å². The molecule has 5 aliphatic rings. The average molecular weight is 862 g/mol. The number of carbonyl (C=O) groups excluding carboxylic acids is 4. The number of carbonyl (C=O) groups is 4. The minimum atomic E-state index is -3.94. The summed E-state index contributed by atoms with van der Waals surface area (Å²) in [7, 11) is 0.862. The van der Waals surface area contributed by atoms with Crippen molar-refractivity contribution < 1.29 is 37.1 Å². The van der Waals surface area contributed by atoms with Crippen LogP contribution in [0.4, 0.5) is 4.79 Å². The summed E-state index contributed by atoms with van der Waals surface area (Å²) in [6.45, 7) is 5.40. The fourth-order valence-electron chi connectivity index (χ4n) is 8.76. The van der Waals surface area contributed by atoms with Gasteiger partial charge in [0.05, 0.1) is 30.1 Å². The second kappa shape index (κ2) is 15.6. The molecule has 15 nitrogen and oxygen atoms in total. The van der Waals surface area contributed by atoms with Crippen molar-refractivity contribution in [2.45, 2.75) is 126 Å². The van der Waals surface area contributed by atoms with Crippen LogP contribution < -0.4 is 24.8 Å². The summed E-state index contributed by atoms with van der Waals surface area (Å²) < 4.78 is 41.0. The van der Waals surface area contributed by atoms with Crippen molar-refractivity contribution in [1.82, 2.24) is 35.1 Å². The Kier molecular flexibility index (Phi) is 10.9. The zero-order valence-electron chi connectivity index (χ0n) is 35.1. The first kappa shape index (κ1) is 41.9. The van der Waals surface area contributed by atoms with Crippen molar-refractivity contribution in [3.63, 3.8) is 0 Å². The number of allylic oxidation sites excluding steroid dienone is 1. The van der Waals surface area contributed by atoms with Crippen LogP contribution in [-0.2, 0) is 24.4 Å². The van der Waals surface area contributed by atoms with E-state index in [9.17, 15) is 22.8 Å². The molecule has 3 N–H and O–H groups in total. The first-order valence-electron chi connectivity index (χ1n) is 20.9. The Morgan fingerprint density at radius 3 is 2.50 bits per heavy atom. The number of thiazole rings is 1. The molecule has 322 valence electrons. The number of fused-ring (bicyclic) bond motifs is 3. The number of amides is 5. The molecule has 5 atom stereocenters. The van der Waals surface area contributed by atoms with Gasteiger partial charge in [-0.1, -0.05) is 31.9 Å². The van der Waals surface area contributed by atoms with Crippen molar-refractivity contribution in [2.75, 3.05) is 27.7 Å². The molecule has 0 radical (unpaired) electrons. The summed E-state index contributed by atoms with van der Waals surface area (Å²) in [5.41, 5.74) is -0.895. The molecule has 3 aromatic rings. The van der Waals surface area contributed by atoms with Crippen molar-refractivity contribution >= 4 is 56.0 Å². The zero-order chi connectivity index (χ0) is 42.8. The van der Waals surface area contributed by atoms with Crippen LogP contribution in [0.5, 0.6) is 11.5 Å². The molecule has 5 amide bonds. The number of hydrogen-bond acceptors (Lipinski definition) is 11. The molecule has 2 aliphatic heterocycles. The maximum atomic E-state index is 15.0. The Balaban J connectivity index is 1.18. The van der Waals surface area contributed by atoms with Crippen molar-refractivity contribution in [3.05, 3.63) is 47.0 Å². The van der Waals surface area contributed by atoms with E-state index >= 15 is 4.79 Å². The molecule has 1 aromatic carbocycles. The van der Waals surface area contributed by atoms with Gasteiger partial charge >= 0.3 is 6.03 Å². The van der Waals surface area contributed by atoms with E-state index in [0.717, 1.165) is 41.9 Å². The predicted octanol–water partition coefficient (Wildman–Crippen LogP) is 5.32. The number of aryl methyl sites for hydroxylation is 1. The normalized spacial score (nSPS) is 29.0. The lowest BCUT2D eigenvalue weighted by Crippen LogP contribution is -2.64. The smallest absolute Gasteiger partial charge is 0.317 e. The Bertz CT molecular complexity index is 2380. The van der Waals surface area contributed by atoms with Crippen LogP contribution in [0.1, 0.15) is 102 Å². The van der Waals surface area contributed by atoms with Crippen LogP contribution in [-0.4, -0.2) is 108 Å². The number of nitrogens with one attached hydrogen (secondary N) is 3.